The van der Waals surface area contributed by atoms with Crippen molar-refractivity contribution in [2.24, 2.45) is 0 Å². The molecule has 2 aliphatic rings. The van der Waals surface area contributed by atoms with Gasteiger partial charge in [0.05, 0.1) is 0 Å². The van der Waals surface area contributed by atoms with Gasteiger partial charge >= 0.3 is 0 Å². The largest absolute Gasteiger partial charge is 0.399 e. The van der Waals surface area contributed by atoms with Crippen LogP contribution >= 0.6 is 22.6 Å². The van der Waals surface area contributed by atoms with E-state index >= 15 is 0 Å². The van der Waals surface area contributed by atoms with E-state index in [1.807, 2.05) is 12.1 Å². The van der Waals surface area contributed by atoms with Crippen molar-refractivity contribution in [2.75, 3.05) is 24.1 Å². The standard InChI is InChI=1S/C14H20IN3/c15-11-9-10(16)4-5-12(11)17-13-6-8-18-7-2-1-3-14(13)18/h4-5,9,13-14,17H,1-3,6-8,16H2. The number of hydrogen-bond acceptors (Lipinski definition) is 3. The molecule has 4 heteroatoms. The molecule has 2 fully saturated rings. The first-order valence-electron chi connectivity index (χ1n) is 6.79. The number of nitrogens with two attached hydrogens (primary N) is 1. The summed E-state index contributed by atoms with van der Waals surface area (Å²) in [7, 11) is 0. The lowest BCUT2D eigenvalue weighted by atomic mass is 9.99. The Kier molecular flexibility index (Phi) is 3.66. The second-order valence-corrected chi connectivity index (χ2v) is 6.54. The Bertz CT molecular complexity index is 435. The molecule has 0 spiro atoms. The van der Waals surface area contributed by atoms with Crippen molar-refractivity contribution in [3.63, 3.8) is 0 Å². The van der Waals surface area contributed by atoms with Gasteiger partial charge in [-0.05, 0) is 66.6 Å². The van der Waals surface area contributed by atoms with Gasteiger partial charge < -0.3 is 11.1 Å². The predicted molar refractivity (Wildman–Crippen MR) is 84.8 cm³/mol. The van der Waals surface area contributed by atoms with E-state index in [0.717, 1.165) is 11.7 Å². The van der Waals surface area contributed by atoms with Gasteiger partial charge in [0.25, 0.3) is 0 Å². The average Bonchev–Trinajstić information content (AvgIpc) is 2.76. The van der Waals surface area contributed by atoms with Crippen LogP contribution in [0.1, 0.15) is 25.7 Å². The number of piperidine rings is 1. The highest BCUT2D eigenvalue weighted by atomic mass is 127. The second kappa shape index (κ2) is 5.25. The number of fused-ring (bicyclic) bond motifs is 1. The summed E-state index contributed by atoms with van der Waals surface area (Å²) in [5.41, 5.74) is 7.88. The zero-order valence-electron chi connectivity index (χ0n) is 10.5. The van der Waals surface area contributed by atoms with Gasteiger partial charge in [-0.25, -0.2) is 0 Å². The lowest BCUT2D eigenvalue weighted by Crippen LogP contribution is -2.41. The third-order valence-corrected chi connectivity index (χ3v) is 5.08. The van der Waals surface area contributed by atoms with Crippen molar-refractivity contribution in [1.29, 1.82) is 0 Å². The lowest BCUT2D eigenvalue weighted by molar-refractivity contribution is 0.193. The molecule has 0 radical (unpaired) electrons. The van der Waals surface area contributed by atoms with Gasteiger partial charge in [0.1, 0.15) is 0 Å². The molecule has 98 valence electrons. The van der Waals surface area contributed by atoms with Crippen LogP contribution in [0.3, 0.4) is 0 Å². The summed E-state index contributed by atoms with van der Waals surface area (Å²) in [6.45, 7) is 2.55. The molecule has 2 unspecified atom stereocenters. The van der Waals surface area contributed by atoms with E-state index in [1.165, 1.54) is 48.0 Å². The Labute approximate surface area is 122 Å². The number of nitrogen functional groups attached to an aromatic ring is 1. The van der Waals surface area contributed by atoms with E-state index in [4.69, 9.17) is 5.73 Å². The van der Waals surface area contributed by atoms with Gasteiger partial charge in [-0.3, -0.25) is 4.90 Å². The summed E-state index contributed by atoms with van der Waals surface area (Å²) in [5, 5.41) is 3.73. The third-order valence-electron chi connectivity index (χ3n) is 4.19. The highest BCUT2D eigenvalue weighted by Crippen LogP contribution is 2.31. The van der Waals surface area contributed by atoms with E-state index in [2.05, 4.69) is 38.9 Å². The van der Waals surface area contributed by atoms with Crippen LogP contribution < -0.4 is 11.1 Å². The molecule has 3 N–H and O–H groups in total. The monoisotopic (exact) mass is 357 g/mol. The van der Waals surface area contributed by atoms with Crippen LogP contribution in [-0.2, 0) is 0 Å². The van der Waals surface area contributed by atoms with Gasteiger partial charge in [-0.1, -0.05) is 6.42 Å². The first kappa shape index (κ1) is 12.5. The SMILES string of the molecule is Nc1ccc(NC2CCN3CCCCC23)c(I)c1. The van der Waals surface area contributed by atoms with E-state index in [-0.39, 0.29) is 0 Å². The van der Waals surface area contributed by atoms with Crippen molar-refractivity contribution < 1.29 is 0 Å². The zero-order chi connectivity index (χ0) is 12.5. The fourth-order valence-electron chi connectivity index (χ4n) is 3.26. The molecular weight excluding hydrogens is 337 g/mol. The first-order valence-corrected chi connectivity index (χ1v) is 7.87. The van der Waals surface area contributed by atoms with Crippen LogP contribution in [0.25, 0.3) is 0 Å². The van der Waals surface area contributed by atoms with Gasteiger partial charge in [0.15, 0.2) is 0 Å². The van der Waals surface area contributed by atoms with Crippen LogP contribution in [0.4, 0.5) is 11.4 Å². The number of nitrogens with one attached hydrogen (secondary N) is 1. The van der Waals surface area contributed by atoms with Gasteiger partial charge in [-0.15, -0.1) is 0 Å². The van der Waals surface area contributed by atoms with E-state index in [9.17, 15) is 0 Å². The summed E-state index contributed by atoms with van der Waals surface area (Å²) in [5.74, 6) is 0. The molecule has 0 aromatic heterocycles. The molecular formula is C14H20IN3. The number of halogens is 1. The molecule has 0 saturated carbocycles. The minimum Gasteiger partial charge on any atom is -0.399 e. The van der Waals surface area contributed by atoms with Crippen molar-refractivity contribution in [1.82, 2.24) is 4.90 Å². The second-order valence-electron chi connectivity index (χ2n) is 5.38. The maximum Gasteiger partial charge on any atom is 0.0480 e. The van der Waals surface area contributed by atoms with Crippen molar-refractivity contribution in [3.05, 3.63) is 21.8 Å². The summed E-state index contributed by atoms with van der Waals surface area (Å²) < 4.78 is 1.22. The molecule has 2 heterocycles. The smallest absolute Gasteiger partial charge is 0.0480 e. The quantitative estimate of drug-likeness (QED) is 0.632. The van der Waals surface area contributed by atoms with Gasteiger partial charge in [-0.2, -0.15) is 0 Å². The molecule has 2 atom stereocenters. The van der Waals surface area contributed by atoms with E-state index in [1.54, 1.807) is 0 Å². The number of nitrogens with zero attached hydrogens (tertiary/aromatic N) is 1. The molecule has 18 heavy (non-hydrogen) atoms. The highest BCUT2D eigenvalue weighted by Gasteiger charge is 2.35. The fourth-order valence-corrected chi connectivity index (χ4v) is 3.96. The molecule has 3 nitrogen and oxygen atoms in total. The van der Waals surface area contributed by atoms with E-state index < -0.39 is 0 Å². The number of rotatable bonds is 2. The Morgan fingerprint density at radius 3 is 2.94 bits per heavy atom. The molecule has 0 amide bonds. The van der Waals surface area contributed by atoms with Crippen molar-refractivity contribution in [3.8, 4) is 0 Å². The topological polar surface area (TPSA) is 41.3 Å². The molecule has 1 aromatic rings. The molecule has 1 aromatic carbocycles. The molecule has 0 aliphatic carbocycles. The lowest BCUT2D eigenvalue weighted by Gasteiger charge is -2.33. The van der Waals surface area contributed by atoms with Crippen molar-refractivity contribution >= 4 is 34.0 Å². The Hall–Kier alpha value is -0.490. The maximum atomic E-state index is 5.80. The molecule has 0 bridgehead atoms. The van der Waals surface area contributed by atoms with E-state index in [0.29, 0.717) is 6.04 Å². The number of benzene rings is 1. The van der Waals surface area contributed by atoms with Crippen LogP contribution in [-0.4, -0.2) is 30.1 Å². The molecule has 3 rings (SSSR count). The summed E-state index contributed by atoms with van der Waals surface area (Å²) in [6.07, 6.45) is 5.38. The minimum absolute atomic E-state index is 0.613. The fraction of sp³-hybridized carbons (Fsp3) is 0.571. The van der Waals surface area contributed by atoms with Crippen LogP contribution in [0.2, 0.25) is 0 Å². The minimum atomic E-state index is 0.613. The first-order chi connectivity index (χ1) is 8.74. The number of anilines is 2. The summed E-state index contributed by atoms with van der Waals surface area (Å²) >= 11 is 2.36. The predicted octanol–water partition coefficient (Wildman–Crippen LogP) is 2.91. The Morgan fingerprint density at radius 2 is 2.11 bits per heavy atom. The molecule has 2 saturated heterocycles. The normalized spacial score (nSPS) is 28.1. The zero-order valence-corrected chi connectivity index (χ0v) is 12.7. The highest BCUT2D eigenvalue weighted by molar-refractivity contribution is 14.1. The molecule has 2 aliphatic heterocycles. The van der Waals surface area contributed by atoms with Crippen LogP contribution in [0, 0.1) is 3.57 Å². The van der Waals surface area contributed by atoms with Crippen molar-refractivity contribution in [2.45, 2.75) is 37.8 Å². The summed E-state index contributed by atoms with van der Waals surface area (Å²) in [6, 6.07) is 7.49. The van der Waals surface area contributed by atoms with Crippen LogP contribution in [0.15, 0.2) is 18.2 Å². The van der Waals surface area contributed by atoms with Gasteiger partial charge in [0.2, 0.25) is 0 Å². The summed E-state index contributed by atoms with van der Waals surface area (Å²) in [4.78, 5) is 2.66. The van der Waals surface area contributed by atoms with Gasteiger partial charge in [0, 0.05) is 33.6 Å². The Balaban J connectivity index is 1.72. The maximum absolute atomic E-state index is 5.80. The average molecular weight is 357 g/mol. The number of hydrogen-bond donors (Lipinski definition) is 2. The van der Waals surface area contributed by atoms with Crippen LogP contribution in [0.5, 0.6) is 0 Å². The Morgan fingerprint density at radius 1 is 1.22 bits per heavy atom. The third kappa shape index (κ3) is 2.45.